The number of esters is 1. The van der Waals surface area contributed by atoms with Gasteiger partial charge in [0.15, 0.2) is 12.2 Å². The number of benzene rings is 1. The highest BCUT2D eigenvalue weighted by Crippen LogP contribution is 2.30. The SMILES string of the molecule is O=C(COC(=O)C1(O)CCCC1)Nc1ccccc1C(=O)NC1CCCC1. The molecule has 0 spiro atoms. The molecule has 0 aliphatic heterocycles. The standard InChI is InChI=1S/C20H26N2O5/c23-17(13-27-19(25)20(26)11-5-6-12-20)22-16-10-4-3-9-15(16)18(24)21-14-7-1-2-8-14/h3-4,9-10,14,26H,1-2,5-8,11-13H2,(H,21,24)(H,22,23). The topological polar surface area (TPSA) is 105 Å². The van der Waals surface area contributed by atoms with Crippen LogP contribution in [0.1, 0.15) is 61.7 Å². The first-order valence-electron chi connectivity index (χ1n) is 9.57. The number of amides is 2. The first kappa shape index (κ1) is 19.4. The number of hydrogen-bond donors (Lipinski definition) is 3. The van der Waals surface area contributed by atoms with Gasteiger partial charge >= 0.3 is 5.97 Å². The second kappa shape index (κ2) is 8.52. The van der Waals surface area contributed by atoms with Crippen molar-refractivity contribution in [3.63, 3.8) is 0 Å². The van der Waals surface area contributed by atoms with Crippen LogP contribution in [0.2, 0.25) is 0 Å². The zero-order valence-corrected chi connectivity index (χ0v) is 15.3. The van der Waals surface area contributed by atoms with Crippen LogP contribution in [0.25, 0.3) is 0 Å². The summed E-state index contributed by atoms with van der Waals surface area (Å²) < 4.78 is 4.97. The average molecular weight is 374 g/mol. The van der Waals surface area contributed by atoms with Crippen molar-refractivity contribution in [3.8, 4) is 0 Å². The summed E-state index contributed by atoms with van der Waals surface area (Å²) in [7, 11) is 0. The Balaban J connectivity index is 1.56. The molecule has 0 heterocycles. The number of carbonyl (C=O) groups is 3. The zero-order valence-electron chi connectivity index (χ0n) is 15.3. The summed E-state index contributed by atoms with van der Waals surface area (Å²) in [5.74, 6) is -1.54. The Kier molecular flexibility index (Phi) is 6.11. The van der Waals surface area contributed by atoms with Crippen LogP contribution in [0.4, 0.5) is 5.69 Å². The molecular weight excluding hydrogens is 348 g/mol. The number of aliphatic hydroxyl groups is 1. The van der Waals surface area contributed by atoms with Crippen molar-refractivity contribution in [2.24, 2.45) is 0 Å². The van der Waals surface area contributed by atoms with Crippen LogP contribution in [0.3, 0.4) is 0 Å². The second-order valence-corrected chi connectivity index (χ2v) is 7.36. The van der Waals surface area contributed by atoms with Crippen molar-refractivity contribution >= 4 is 23.5 Å². The number of ether oxygens (including phenoxy) is 1. The van der Waals surface area contributed by atoms with E-state index in [9.17, 15) is 19.5 Å². The molecule has 7 heteroatoms. The number of anilines is 1. The van der Waals surface area contributed by atoms with Gasteiger partial charge in [0.05, 0.1) is 11.3 Å². The van der Waals surface area contributed by atoms with Gasteiger partial charge in [-0.05, 0) is 50.7 Å². The van der Waals surface area contributed by atoms with E-state index < -0.39 is 24.1 Å². The van der Waals surface area contributed by atoms with E-state index in [2.05, 4.69) is 10.6 Å². The van der Waals surface area contributed by atoms with Gasteiger partial charge in [0, 0.05) is 6.04 Å². The van der Waals surface area contributed by atoms with Crippen LogP contribution < -0.4 is 10.6 Å². The number of nitrogens with one attached hydrogen (secondary N) is 2. The largest absolute Gasteiger partial charge is 0.453 e. The van der Waals surface area contributed by atoms with E-state index in [1.807, 2.05) is 0 Å². The number of hydrogen-bond acceptors (Lipinski definition) is 5. The summed E-state index contributed by atoms with van der Waals surface area (Å²) in [6, 6.07) is 6.90. The number of carbonyl (C=O) groups excluding carboxylic acids is 3. The van der Waals surface area contributed by atoms with Crippen molar-refractivity contribution in [1.29, 1.82) is 0 Å². The third-order valence-electron chi connectivity index (χ3n) is 5.28. The molecule has 0 saturated heterocycles. The van der Waals surface area contributed by atoms with E-state index in [-0.39, 0.29) is 11.9 Å². The highest BCUT2D eigenvalue weighted by atomic mass is 16.6. The predicted molar refractivity (Wildman–Crippen MR) is 99.2 cm³/mol. The van der Waals surface area contributed by atoms with Gasteiger partial charge in [-0.25, -0.2) is 4.79 Å². The molecule has 2 aliphatic rings. The smallest absolute Gasteiger partial charge is 0.338 e. The molecule has 146 valence electrons. The third-order valence-corrected chi connectivity index (χ3v) is 5.28. The number of rotatable bonds is 6. The average Bonchev–Trinajstić information content (AvgIpc) is 3.32. The molecule has 0 aromatic heterocycles. The molecule has 3 rings (SSSR count). The lowest BCUT2D eigenvalue weighted by Crippen LogP contribution is -2.38. The van der Waals surface area contributed by atoms with Crippen molar-refractivity contribution in [2.45, 2.75) is 63.0 Å². The third kappa shape index (κ3) is 4.86. The normalized spacial score (nSPS) is 18.9. The van der Waals surface area contributed by atoms with Crippen LogP contribution >= 0.6 is 0 Å². The Morgan fingerprint density at radius 2 is 1.74 bits per heavy atom. The molecule has 0 atom stereocenters. The van der Waals surface area contributed by atoms with E-state index >= 15 is 0 Å². The van der Waals surface area contributed by atoms with Gasteiger partial charge in [-0.3, -0.25) is 9.59 Å². The minimum absolute atomic E-state index is 0.175. The maximum atomic E-state index is 12.5. The summed E-state index contributed by atoms with van der Waals surface area (Å²) in [5, 5.41) is 15.8. The Labute approximate surface area is 158 Å². The minimum atomic E-state index is -1.47. The predicted octanol–water partition coefficient (Wildman–Crippen LogP) is 2.15. The molecule has 0 unspecified atom stereocenters. The molecule has 27 heavy (non-hydrogen) atoms. The molecule has 1 aromatic rings. The first-order chi connectivity index (χ1) is 13.0. The Hall–Kier alpha value is -2.41. The summed E-state index contributed by atoms with van der Waals surface area (Å²) in [5.41, 5.74) is -0.730. The molecule has 1 aromatic carbocycles. The second-order valence-electron chi connectivity index (χ2n) is 7.36. The summed E-state index contributed by atoms with van der Waals surface area (Å²) in [4.78, 5) is 36.6. The van der Waals surface area contributed by atoms with Gasteiger partial charge in [0.1, 0.15) is 0 Å². The van der Waals surface area contributed by atoms with Crippen LogP contribution in [0.15, 0.2) is 24.3 Å². The molecule has 2 saturated carbocycles. The zero-order chi connectivity index (χ0) is 19.3. The summed E-state index contributed by atoms with van der Waals surface area (Å²) >= 11 is 0. The van der Waals surface area contributed by atoms with Gasteiger partial charge in [0.2, 0.25) is 0 Å². The lowest BCUT2D eigenvalue weighted by atomic mass is 10.0. The lowest BCUT2D eigenvalue weighted by Gasteiger charge is -2.19. The van der Waals surface area contributed by atoms with E-state index in [4.69, 9.17) is 4.74 Å². The van der Waals surface area contributed by atoms with Crippen molar-refractivity contribution < 1.29 is 24.2 Å². The highest BCUT2D eigenvalue weighted by Gasteiger charge is 2.40. The van der Waals surface area contributed by atoms with Gasteiger partial charge < -0.3 is 20.5 Å². The van der Waals surface area contributed by atoms with Gasteiger partial charge in [-0.15, -0.1) is 0 Å². The summed E-state index contributed by atoms with van der Waals surface area (Å²) in [6.07, 6.45) is 6.41. The maximum Gasteiger partial charge on any atom is 0.338 e. The molecule has 2 aliphatic carbocycles. The monoisotopic (exact) mass is 374 g/mol. The first-order valence-corrected chi connectivity index (χ1v) is 9.57. The molecule has 3 N–H and O–H groups in total. The van der Waals surface area contributed by atoms with E-state index in [0.717, 1.165) is 38.5 Å². The highest BCUT2D eigenvalue weighted by molar-refractivity contribution is 6.04. The molecule has 7 nitrogen and oxygen atoms in total. The lowest BCUT2D eigenvalue weighted by molar-refractivity contribution is -0.166. The van der Waals surface area contributed by atoms with Crippen molar-refractivity contribution in [2.75, 3.05) is 11.9 Å². The van der Waals surface area contributed by atoms with Gasteiger partial charge in [-0.1, -0.05) is 25.0 Å². The molecular formula is C20H26N2O5. The van der Waals surface area contributed by atoms with E-state index in [1.54, 1.807) is 24.3 Å². The van der Waals surface area contributed by atoms with Crippen LogP contribution in [-0.2, 0) is 14.3 Å². The van der Waals surface area contributed by atoms with Crippen LogP contribution in [0, 0.1) is 0 Å². The minimum Gasteiger partial charge on any atom is -0.453 e. The van der Waals surface area contributed by atoms with Crippen molar-refractivity contribution in [3.05, 3.63) is 29.8 Å². The van der Waals surface area contributed by atoms with E-state index in [0.29, 0.717) is 24.1 Å². The fraction of sp³-hybridized carbons (Fsp3) is 0.550. The van der Waals surface area contributed by atoms with Crippen LogP contribution in [0.5, 0.6) is 0 Å². The Bertz CT molecular complexity index is 706. The van der Waals surface area contributed by atoms with Crippen LogP contribution in [-0.4, -0.2) is 41.1 Å². The maximum absolute atomic E-state index is 12.5. The Morgan fingerprint density at radius 3 is 2.44 bits per heavy atom. The quantitative estimate of drug-likeness (QED) is 0.662. The molecule has 2 fully saturated rings. The van der Waals surface area contributed by atoms with Crippen molar-refractivity contribution in [1.82, 2.24) is 5.32 Å². The Morgan fingerprint density at radius 1 is 1.07 bits per heavy atom. The van der Waals surface area contributed by atoms with E-state index in [1.165, 1.54) is 0 Å². The fourth-order valence-corrected chi connectivity index (χ4v) is 3.74. The fourth-order valence-electron chi connectivity index (χ4n) is 3.74. The van der Waals surface area contributed by atoms with Gasteiger partial charge in [0.25, 0.3) is 11.8 Å². The molecule has 0 radical (unpaired) electrons. The molecule has 2 amide bonds. The number of para-hydroxylation sites is 1. The summed E-state index contributed by atoms with van der Waals surface area (Å²) in [6.45, 7) is -0.500. The molecule has 0 bridgehead atoms. The van der Waals surface area contributed by atoms with Gasteiger partial charge in [-0.2, -0.15) is 0 Å².